The fourth-order valence-corrected chi connectivity index (χ4v) is 8.92. The Morgan fingerprint density at radius 2 is 0.887 bits per heavy atom. The number of para-hydroxylation sites is 3. The molecule has 7 aromatic carbocycles. The normalized spacial score (nSPS) is 12.5. The van der Waals surface area contributed by atoms with Gasteiger partial charge in [-0.2, -0.15) is 0 Å². The molecule has 0 atom stereocenters. The first-order chi connectivity index (χ1) is 26.3. The summed E-state index contributed by atoms with van der Waals surface area (Å²) in [7, 11) is 0. The Hall–Kier alpha value is -7.31. The van der Waals surface area contributed by atoms with Crippen LogP contribution in [-0.2, 0) is 0 Å². The van der Waals surface area contributed by atoms with E-state index in [0.29, 0.717) is 0 Å². The molecule has 0 bridgehead atoms. The summed E-state index contributed by atoms with van der Waals surface area (Å²) in [6.07, 6.45) is 1.87. The molecule has 6 heteroatoms. The fourth-order valence-electron chi connectivity index (χ4n) is 8.92. The zero-order valence-electron chi connectivity index (χ0n) is 28.0. The molecule has 0 saturated carbocycles. The topological polar surface area (TPSA) is 62.2 Å². The number of nitrogens with zero attached hydrogens (tertiary/aromatic N) is 3. The zero-order valence-corrected chi connectivity index (χ0v) is 28.0. The summed E-state index contributed by atoms with van der Waals surface area (Å²) in [4.78, 5) is 4.96. The van der Waals surface area contributed by atoms with E-state index < -0.39 is 0 Å². The van der Waals surface area contributed by atoms with Crippen LogP contribution < -0.4 is 0 Å². The van der Waals surface area contributed by atoms with Crippen LogP contribution in [0.3, 0.4) is 0 Å². The number of aromatic nitrogens is 3. The van der Waals surface area contributed by atoms with Crippen LogP contribution in [-0.4, -0.2) is 14.1 Å². The van der Waals surface area contributed by atoms with Crippen molar-refractivity contribution < 1.29 is 13.3 Å². The van der Waals surface area contributed by atoms with Crippen molar-refractivity contribution in [2.45, 2.75) is 0 Å². The van der Waals surface area contributed by atoms with Crippen molar-refractivity contribution in [2.24, 2.45) is 0 Å². The molecule has 0 N–H and O–H groups in total. The van der Waals surface area contributed by atoms with Crippen LogP contribution in [0.25, 0.3) is 121 Å². The SMILES string of the molecule is c1ccc2c(c1)oc1ccc(-n3c4ccccc4c4c5oc6c(ccc7c6c6ncccc6n7-c6ccc7oc8ccccc8c7c6)c5ccc43)cc12. The lowest BCUT2D eigenvalue weighted by atomic mass is 10.1. The maximum absolute atomic E-state index is 7.13. The zero-order chi connectivity index (χ0) is 34.4. The van der Waals surface area contributed by atoms with Gasteiger partial charge >= 0.3 is 0 Å². The highest BCUT2D eigenvalue weighted by Crippen LogP contribution is 2.45. The molecule has 246 valence electrons. The van der Waals surface area contributed by atoms with Crippen LogP contribution in [0.5, 0.6) is 0 Å². The first-order valence-electron chi connectivity index (χ1n) is 17.8. The van der Waals surface area contributed by atoms with Gasteiger partial charge in [0.05, 0.1) is 32.8 Å². The summed E-state index contributed by atoms with van der Waals surface area (Å²) in [6.45, 7) is 0. The molecular formula is C47H25N3O3. The third kappa shape index (κ3) is 3.49. The summed E-state index contributed by atoms with van der Waals surface area (Å²) in [5.41, 5.74) is 12.5. The lowest BCUT2D eigenvalue weighted by Crippen LogP contribution is -1.93. The average Bonchev–Trinajstić information content (AvgIpc) is 4.01. The van der Waals surface area contributed by atoms with Gasteiger partial charge in [-0.1, -0.05) is 54.6 Å². The molecule has 0 aliphatic carbocycles. The molecule has 13 rings (SSSR count). The summed E-state index contributed by atoms with van der Waals surface area (Å²) in [5.74, 6) is 0. The van der Waals surface area contributed by atoms with E-state index in [1.165, 1.54) is 0 Å². The minimum atomic E-state index is 0.838. The van der Waals surface area contributed by atoms with Gasteiger partial charge in [-0.25, -0.2) is 0 Å². The van der Waals surface area contributed by atoms with Crippen LogP contribution in [0, 0.1) is 0 Å². The van der Waals surface area contributed by atoms with Crippen LogP contribution >= 0.6 is 0 Å². The Bertz CT molecular complexity index is 3460. The van der Waals surface area contributed by atoms with E-state index in [4.69, 9.17) is 18.2 Å². The number of rotatable bonds is 2. The first kappa shape index (κ1) is 27.4. The summed E-state index contributed by atoms with van der Waals surface area (Å²) in [5, 5.41) is 9.77. The van der Waals surface area contributed by atoms with E-state index in [1.54, 1.807) is 0 Å². The number of hydrogen-bond acceptors (Lipinski definition) is 4. The van der Waals surface area contributed by atoms with Gasteiger partial charge < -0.3 is 22.4 Å². The van der Waals surface area contributed by atoms with Crippen molar-refractivity contribution in [1.82, 2.24) is 14.1 Å². The Balaban J connectivity index is 1.10. The van der Waals surface area contributed by atoms with E-state index in [9.17, 15) is 0 Å². The molecule has 0 aliphatic heterocycles. The number of pyridine rings is 1. The third-order valence-electron chi connectivity index (χ3n) is 11.2. The van der Waals surface area contributed by atoms with Crippen LogP contribution in [0.2, 0.25) is 0 Å². The fraction of sp³-hybridized carbons (Fsp3) is 0. The van der Waals surface area contributed by atoms with Gasteiger partial charge in [0.1, 0.15) is 39.0 Å². The first-order valence-corrected chi connectivity index (χ1v) is 17.8. The Morgan fingerprint density at radius 1 is 0.358 bits per heavy atom. The van der Waals surface area contributed by atoms with Gasteiger partial charge in [0.25, 0.3) is 0 Å². The van der Waals surface area contributed by atoms with Crippen LogP contribution in [0.4, 0.5) is 0 Å². The van der Waals surface area contributed by atoms with E-state index in [1.807, 2.05) is 36.5 Å². The highest BCUT2D eigenvalue weighted by molar-refractivity contribution is 6.28. The molecule has 53 heavy (non-hydrogen) atoms. The number of benzene rings is 7. The Kier molecular flexibility index (Phi) is 5.03. The second kappa shape index (κ2) is 9.72. The largest absolute Gasteiger partial charge is 0.456 e. The van der Waals surface area contributed by atoms with Gasteiger partial charge in [-0.15, -0.1) is 0 Å². The van der Waals surface area contributed by atoms with Gasteiger partial charge in [0.15, 0.2) is 0 Å². The summed E-state index contributed by atoms with van der Waals surface area (Å²) in [6, 6.07) is 50.9. The van der Waals surface area contributed by atoms with Gasteiger partial charge in [-0.05, 0) is 91.0 Å². The van der Waals surface area contributed by atoms with Crippen LogP contribution in [0.15, 0.2) is 165 Å². The molecule has 0 aliphatic rings. The van der Waals surface area contributed by atoms with Crippen molar-refractivity contribution in [3.05, 3.63) is 152 Å². The molecule has 0 radical (unpaired) electrons. The van der Waals surface area contributed by atoms with Crippen molar-refractivity contribution in [3.63, 3.8) is 0 Å². The van der Waals surface area contributed by atoms with Gasteiger partial charge in [-0.3, -0.25) is 4.98 Å². The average molecular weight is 680 g/mol. The minimum absolute atomic E-state index is 0.838. The minimum Gasteiger partial charge on any atom is -0.456 e. The van der Waals surface area contributed by atoms with Crippen molar-refractivity contribution in [3.8, 4) is 11.4 Å². The summed E-state index contributed by atoms with van der Waals surface area (Å²) < 4.78 is 24.1. The summed E-state index contributed by atoms with van der Waals surface area (Å²) >= 11 is 0. The highest BCUT2D eigenvalue weighted by Gasteiger charge is 2.23. The quantitative estimate of drug-likeness (QED) is 0.182. The third-order valence-corrected chi connectivity index (χ3v) is 11.2. The van der Waals surface area contributed by atoms with E-state index in [-0.39, 0.29) is 0 Å². The monoisotopic (exact) mass is 679 g/mol. The van der Waals surface area contributed by atoms with Crippen LogP contribution in [0.1, 0.15) is 0 Å². The number of hydrogen-bond donors (Lipinski definition) is 0. The van der Waals surface area contributed by atoms with Gasteiger partial charge in [0, 0.05) is 55.3 Å². The standard InChI is InChI=1S/C47H25N3O3/c1-4-11-35-32(10-1)43-36(49(35)26-15-21-41-33(24-26)28-8-2-5-13-39(28)51-41)19-17-30-31-18-20-37-44(47(31)53-46(30)43)45-38(12-7-23-48-45)50(37)27-16-22-42-34(25-27)29-9-3-6-14-40(29)52-42/h1-25H. The molecule has 6 heterocycles. The maximum atomic E-state index is 7.13. The van der Waals surface area contributed by atoms with Crippen molar-refractivity contribution >= 4 is 110 Å². The molecule has 0 amide bonds. The maximum Gasteiger partial charge on any atom is 0.147 e. The van der Waals surface area contributed by atoms with Crippen molar-refractivity contribution in [1.29, 1.82) is 0 Å². The molecule has 0 saturated heterocycles. The van der Waals surface area contributed by atoms with Crippen molar-refractivity contribution in [2.75, 3.05) is 0 Å². The van der Waals surface area contributed by atoms with E-state index in [0.717, 1.165) is 121 Å². The molecule has 0 unspecified atom stereocenters. The predicted molar refractivity (Wildman–Crippen MR) is 215 cm³/mol. The molecule has 6 nitrogen and oxygen atoms in total. The smallest absolute Gasteiger partial charge is 0.147 e. The Labute approximate surface area is 299 Å². The number of fused-ring (bicyclic) bond motifs is 17. The number of furan rings is 3. The molecule has 0 fully saturated rings. The van der Waals surface area contributed by atoms with E-state index in [2.05, 4.69) is 124 Å². The Morgan fingerprint density at radius 3 is 1.57 bits per heavy atom. The van der Waals surface area contributed by atoms with E-state index >= 15 is 0 Å². The molecule has 0 spiro atoms. The highest BCUT2D eigenvalue weighted by atomic mass is 16.3. The molecule has 13 aromatic rings. The predicted octanol–water partition coefficient (Wildman–Crippen LogP) is 13.0. The molecular weight excluding hydrogens is 655 g/mol. The lowest BCUT2D eigenvalue weighted by molar-refractivity contribution is 0.668. The molecule has 6 aromatic heterocycles. The lowest BCUT2D eigenvalue weighted by Gasteiger charge is -2.08. The second-order valence-corrected chi connectivity index (χ2v) is 13.9. The second-order valence-electron chi connectivity index (χ2n) is 13.9. The van der Waals surface area contributed by atoms with Gasteiger partial charge in [0.2, 0.25) is 0 Å².